The number of ether oxygens (including phenoxy) is 1. The molecule has 0 atom stereocenters. The van der Waals surface area contributed by atoms with Crippen LogP contribution in [0.1, 0.15) is 0 Å². The molecule has 1 heterocycles. The average molecular weight is 250 g/mol. The summed E-state index contributed by atoms with van der Waals surface area (Å²) >= 11 is 0. The molecular formula is C9H10N6O3. The molecule has 4 N–H and O–H groups in total. The largest absolute Gasteiger partial charge is 0.490 e. The van der Waals surface area contributed by atoms with Crippen molar-refractivity contribution in [1.29, 1.82) is 0 Å². The molecule has 0 saturated carbocycles. The molecule has 0 radical (unpaired) electrons. The van der Waals surface area contributed by atoms with Crippen LogP contribution in [0.3, 0.4) is 0 Å². The van der Waals surface area contributed by atoms with Crippen molar-refractivity contribution in [2.75, 3.05) is 18.7 Å². The third kappa shape index (κ3) is 1.77. The van der Waals surface area contributed by atoms with Crippen molar-refractivity contribution in [3.63, 3.8) is 0 Å². The number of benzene rings is 1. The standard InChI is InChI=1S/C9H10N6O3/c1-18-7-3-2-5(4-6(7)15(16)17)8-12-13-9(10)14(8)11/h2-4H,11H2,1H3,(H2,10,13). The molecule has 0 unspecified atom stereocenters. The number of nitro benzene ring substituents is 1. The topological polar surface area (TPSA) is 135 Å². The number of hydrogen-bond acceptors (Lipinski definition) is 7. The number of methoxy groups -OCH3 is 1. The van der Waals surface area contributed by atoms with E-state index < -0.39 is 4.92 Å². The van der Waals surface area contributed by atoms with Gasteiger partial charge in [0.05, 0.1) is 12.0 Å². The van der Waals surface area contributed by atoms with E-state index in [9.17, 15) is 10.1 Å². The molecule has 0 bridgehead atoms. The van der Waals surface area contributed by atoms with Gasteiger partial charge in [0.2, 0.25) is 5.95 Å². The summed E-state index contributed by atoms with van der Waals surface area (Å²) in [5.41, 5.74) is 5.68. The van der Waals surface area contributed by atoms with E-state index in [4.69, 9.17) is 16.3 Å². The first kappa shape index (κ1) is 11.6. The Labute approximate surface area is 101 Å². The Morgan fingerprint density at radius 1 is 1.44 bits per heavy atom. The normalized spacial score (nSPS) is 10.3. The Bertz CT molecular complexity index is 608. The Hall–Kier alpha value is -2.84. The molecule has 0 aliphatic rings. The molecule has 1 aromatic carbocycles. The molecule has 1 aromatic heterocycles. The van der Waals surface area contributed by atoms with E-state index in [0.717, 1.165) is 4.68 Å². The van der Waals surface area contributed by atoms with Crippen LogP contribution in [0, 0.1) is 10.1 Å². The van der Waals surface area contributed by atoms with Crippen LogP contribution in [0.5, 0.6) is 5.75 Å². The zero-order valence-electron chi connectivity index (χ0n) is 9.40. The summed E-state index contributed by atoms with van der Waals surface area (Å²) in [5, 5.41) is 18.2. The SMILES string of the molecule is COc1ccc(-c2nnc(N)n2N)cc1[N+](=O)[O-]. The van der Waals surface area contributed by atoms with Crippen LogP contribution in [0.25, 0.3) is 11.4 Å². The molecule has 0 aliphatic carbocycles. The smallest absolute Gasteiger partial charge is 0.311 e. The lowest BCUT2D eigenvalue weighted by atomic mass is 10.2. The molecule has 2 aromatic rings. The maximum atomic E-state index is 10.9. The third-order valence-electron chi connectivity index (χ3n) is 2.36. The maximum Gasteiger partial charge on any atom is 0.311 e. The van der Waals surface area contributed by atoms with Gasteiger partial charge in [0.25, 0.3) is 0 Å². The zero-order valence-corrected chi connectivity index (χ0v) is 9.40. The number of hydrogen-bond donors (Lipinski definition) is 2. The minimum absolute atomic E-state index is 0.0171. The summed E-state index contributed by atoms with van der Waals surface area (Å²) in [5.74, 6) is 6.00. The van der Waals surface area contributed by atoms with Crippen LogP contribution in [-0.4, -0.2) is 26.9 Å². The average Bonchev–Trinajstić information content (AvgIpc) is 2.69. The number of nitro groups is 1. The van der Waals surface area contributed by atoms with Gasteiger partial charge in [0.15, 0.2) is 11.6 Å². The molecule has 0 spiro atoms. The van der Waals surface area contributed by atoms with E-state index in [1.54, 1.807) is 6.07 Å². The van der Waals surface area contributed by atoms with E-state index in [0.29, 0.717) is 5.56 Å². The van der Waals surface area contributed by atoms with Crippen LogP contribution in [-0.2, 0) is 0 Å². The quantitative estimate of drug-likeness (QED) is 0.449. The minimum Gasteiger partial charge on any atom is -0.490 e. The molecule has 9 nitrogen and oxygen atoms in total. The predicted octanol–water partition coefficient (Wildman–Crippen LogP) is 0.158. The van der Waals surface area contributed by atoms with Crippen molar-refractivity contribution in [2.45, 2.75) is 0 Å². The van der Waals surface area contributed by atoms with Crippen molar-refractivity contribution in [2.24, 2.45) is 0 Å². The molecule has 0 amide bonds. The summed E-state index contributed by atoms with van der Waals surface area (Å²) in [4.78, 5) is 10.3. The molecule has 94 valence electrons. The highest BCUT2D eigenvalue weighted by atomic mass is 16.6. The van der Waals surface area contributed by atoms with E-state index in [2.05, 4.69) is 10.2 Å². The number of anilines is 1. The van der Waals surface area contributed by atoms with Gasteiger partial charge in [-0.3, -0.25) is 10.1 Å². The highest BCUT2D eigenvalue weighted by Gasteiger charge is 2.18. The van der Waals surface area contributed by atoms with Crippen LogP contribution in [0.2, 0.25) is 0 Å². The van der Waals surface area contributed by atoms with Gasteiger partial charge in [-0.15, -0.1) is 10.2 Å². The highest BCUT2D eigenvalue weighted by molar-refractivity contribution is 5.64. The van der Waals surface area contributed by atoms with E-state index in [1.807, 2.05) is 0 Å². The van der Waals surface area contributed by atoms with Gasteiger partial charge in [0, 0.05) is 11.6 Å². The van der Waals surface area contributed by atoms with Crippen molar-refractivity contribution in [1.82, 2.24) is 14.9 Å². The van der Waals surface area contributed by atoms with Crippen LogP contribution in [0.4, 0.5) is 11.6 Å². The number of nitrogen functional groups attached to an aromatic ring is 2. The van der Waals surface area contributed by atoms with Gasteiger partial charge < -0.3 is 16.3 Å². The maximum absolute atomic E-state index is 10.9. The third-order valence-corrected chi connectivity index (χ3v) is 2.36. The fourth-order valence-electron chi connectivity index (χ4n) is 1.47. The van der Waals surface area contributed by atoms with E-state index >= 15 is 0 Å². The molecule has 0 saturated heterocycles. The lowest BCUT2D eigenvalue weighted by Gasteiger charge is -2.04. The summed E-state index contributed by atoms with van der Waals surface area (Å²) in [7, 11) is 1.35. The minimum atomic E-state index is -0.553. The first-order valence-corrected chi connectivity index (χ1v) is 4.83. The molecule has 9 heteroatoms. The van der Waals surface area contributed by atoms with Gasteiger partial charge >= 0.3 is 5.69 Å². The van der Waals surface area contributed by atoms with Crippen molar-refractivity contribution in [3.8, 4) is 17.1 Å². The van der Waals surface area contributed by atoms with Gasteiger partial charge in [-0.25, -0.2) is 4.68 Å². The Kier molecular flexibility index (Phi) is 2.72. The molecule has 18 heavy (non-hydrogen) atoms. The van der Waals surface area contributed by atoms with Gasteiger partial charge in [-0.05, 0) is 12.1 Å². The van der Waals surface area contributed by atoms with E-state index in [-0.39, 0.29) is 23.2 Å². The summed E-state index contributed by atoms with van der Waals surface area (Å²) in [6, 6.07) is 4.34. The fraction of sp³-hybridized carbons (Fsp3) is 0.111. The molecule has 2 rings (SSSR count). The summed E-state index contributed by atoms with van der Waals surface area (Å²) < 4.78 is 5.94. The number of nitrogens with zero attached hydrogens (tertiary/aromatic N) is 4. The van der Waals surface area contributed by atoms with E-state index in [1.165, 1.54) is 19.2 Å². The highest BCUT2D eigenvalue weighted by Crippen LogP contribution is 2.31. The summed E-state index contributed by atoms with van der Waals surface area (Å²) in [6.07, 6.45) is 0. The van der Waals surface area contributed by atoms with Crippen LogP contribution < -0.4 is 16.3 Å². The number of aromatic nitrogens is 3. The van der Waals surface area contributed by atoms with Crippen molar-refractivity contribution < 1.29 is 9.66 Å². The van der Waals surface area contributed by atoms with Crippen LogP contribution >= 0.6 is 0 Å². The number of rotatable bonds is 3. The monoisotopic (exact) mass is 250 g/mol. The lowest BCUT2D eigenvalue weighted by Crippen LogP contribution is -2.13. The second kappa shape index (κ2) is 4.20. The Balaban J connectivity index is 2.57. The summed E-state index contributed by atoms with van der Waals surface area (Å²) in [6.45, 7) is 0. The molecular weight excluding hydrogens is 240 g/mol. The zero-order chi connectivity index (χ0) is 13.3. The second-order valence-corrected chi connectivity index (χ2v) is 3.40. The van der Waals surface area contributed by atoms with Crippen molar-refractivity contribution >= 4 is 11.6 Å². The predicted molar refractivity (Wildman–Crippen MR) is 63.2 cm³/mol. The van der Waals surface area contributed by atoms with Crippen LogP contribution in [0.15, 0.2) is 18.2 Å². The van der Waals surface area contributed by atoms with Gasteiger partial charge in [-0.1, -0.05) is 0 Å². The van der Waals surface area contributed by atoms with Gasteiger partial charge in [0.1, 0.15) is 0 Å². The van der Waals surface area contributed by atoms with Crippen molar-refractivity contribution in [3.05, 3.63) is 28.3 Å². The fourth-order valence-corrected chi connectivity index (χ4v) is 1.47. The first-order valence-electron chi connectivity index (χ1n) is 4.83. The second-order valence-electron chi connectivity index (χ2n) is 3.40. The lowest BCUT2D eigenvalue weighted by molar-refractivity contribution is -0.385. The molecule has 0 aliphatic heterocycles. The number of nitrogens with two attached hydrogens (primary N) is 2. The Morgan fingerprint density at radius 2 is 2.17 bits per heavy atom. The molecule has 0 fully saturated rings. The Morgan fingerprint density at radius 3 is 2.67 bits per heavy atom. The van der Waals surface area contributed by atoms with Gasteiger partial charge in [-0.2, -0.15) is 0 Å². The first-order chi connectivity index (χ1) is 8.54.